The monoisotopic (exact) mass is 464 g/mol. The number of hydrogen-bond acceptors (Lipinski definition) is 4. The van der Waals surface area contributed by atoms with Gasteiger partial charge in [-0.3, -0.25) is 9.69 Å². The van der Waals surface area contributed by atoms with Crippen LogP contribution in [0, 0.1) is 0 Å². The molecule has 0 bridgehead atoms. The van der Waals surface area contributed by atoms with Crippen LogP contribution in [0.15, 0.2) is 60.8 Å². The maximum atomic E-state index is 12.8. The van der Waals surface area contributed by atoms with E-state index in [4.69, 9.17) is 10.5 Å². The number of nitrogens with two attached hydrogens (primary N) is 1. The second-order valence-corrected chi connectivity index (χ2v) is 7.76. The van der Waals surface area contributed by atoms with Crippen molar-refractivity contribution < 1.29 is 9.53 Å². The van der Waals surface area contributed by atoms with Crippen molar-refractivity contribution in [3.05, 3.63) is 66.4 Å². The quantitative estimate of drug-likeness (QED) is 0.583. The third-order valence-corrected chi connectivity index (χ3v) is 5.63. The van der Waals surface area contributed by atoms with Crippen LogP contribution in [0.5, 0.6) is 0 Å². The average molecular weight is 465 g/mol. The van der Waals surface area contributed by atoms with Gasteiger partial charge in [0.05, 0.1) is 13.2 Å². The molecular formula is C23H30Cl2N4O2. The molecule has 0 saturated carbocycles. The van der Waals surface area contributed by atoms with E-state index in [1.165, 1.54) is 0 Å². The van der Waals surface area contributed by atoms with Crippen LogP contribution in [0.25, 0.3) is 10.9 Å². The van der Waals surface area contributed by atoms with Crippen LogP contribution >= 0.6 is 24.8 Å². The number of ether oxygens (including phenoxy) is 1. The first-order valence-corrected chi connectivity index (χ1v) is 10.1. The largest absolute Gasteiger partial charge is 0.379 e. The Morgan fingerprint density at radius 2 is 1.77 bits per heavy atom. The van der Waals surface area contributed by atoms with Crippen LogP contribution in [-0.2, 0) is 21.6 Å². The molecule has 0 spiro atoms. The van der Waals surface area contributed by atoms with Gasteiger partial charge in [-0.1, -0.05) is 30.3 Å². The number of carbonyl (C=O) groups excluding carboxylic acids is 1. The van der Waals surface area contributed by atoms with E-state index in [2.05, 4.69) is 33.1 Å². The molecule has 1 aliphatic heterocycles. The molecule has 4 rings (SSSR count). The second-order valence-electron chi connectivity index (χ2n) is 7.76. The summed E-state index contributed by atoms with van der Waals surface area (Å²) in [5.41, 5.74) is 7.93. The lowest BCUT2D eigenvalue weighted by Crippen LogP contribution is -2.45. The highest BCUT2D eigenvalue weighted by molar-refractivity contribution is 5.99. The fourth-order valence-electron chi connectivity index (χ4n) is 3.72. The fraction of sp³-hybridized carbons (Fsp3) is 0.348. The van der Waals surface area contributed by atoms with Gasteiger partial charge in [0.1, 0.15) is 5.54 Å². The number of amides is 1. The molecular weight excluding hydrogens is 435 g/mol. The van der Waals surface area contributed by atoms with Crippen molar-refractivity contribution >= 4 is 47.3 Å². The van der Waals surface area contributed by atoms with Crippen LogP contribution < -0.4 is 11.1 Å². The molecule has 2 heterocycles. The molecule has 1 aromatic heterocycles. The molecule has 1 atom stereocenters. The van der Waals surface area contributed by atoms with Crippen molar-refractivity contribution in [2.24, 2.45) is 5.73 Å². The molecule has 1 aliphatic rings. The Kier molecular flexibility index (Phi) is 8.91. The van der Waals surface area contributed by atoms with E-state index < -0.39 is 5.54 Å². The number of halogens is 2. The summed E-state index contributed by atoms with van der Waals surface area (Å²) in [6.45, 7) is 7.30. The average Bonchev–Trinajstić information content (AvgIpc) is 3.16. The highest BCUT2D eigenvalue weighted by Gasteiger charge is 2.30. The lowest BCUT2D eigenvalue weighted by Gasteiger charge is -2.26. The first kappa shape index (κ1) is 25.2. The van der Waals surface area contributed by atoms with Crippen molar-refractivity contribution in [2.45, 2.75) is 19.0 Å². The molecule has 8 heteroatoms. The van der Waals surface area contributed by atoms with Crippen LogP contribution in [0.1, 0.15) is 12.5 Å². The molecule has 3 N–H and O–H groups in total. The zero-order valence-electron chi connectivity index (χ0n) is 17.6. The minimum atomic E-state index is -1.10. The Morgan fingerprint density at radius 3 is 2.48 bits per heavy atom. The van der Waals surface area contributed by atoms with Gasteiger partial charge in [0.25, 0.3) is 0 Å². The molecule has 1 fully saturated rings. The fourth-order valence-corrected chi connectivity index (χ4v) is 3.72. The van der Waals surface area contributed by atoms with Crippen molar-refractivity contribution in [1.82, 2.24) is 9.47 Å². The molecule has 1 unspecified atom stereocenters. The van der Waals surface area contributed by atoms with Crippen molar-refractivity contribution in [1.29, 1.82) is 0 Å². The van der Waals surface area contributed by atoms with Crippen LogP contribution in [0.4, 0.5) is 5.69 Å². The van der Waals surface area contributed by atoms with E-state index in [1.807, 2.05) is 42.5 Å². The molecule has 3 aromatic rings. The van der Waals surface area contributed by atoms with E-state index in [9.17, 15) is 4.79 Å². The van der Waals surface area contributed by atoms with Gasteiger partial charge in [-0.25, -0.2) is 0 Å². The Balaban J connectivity index is 0.00000171. The Bertz CT molecular complexity index is 986. The topological polar surface area (TPSA) is 72.5 Å². The summed E-state index contributed by atoms with van der Waals surface area (Å²) in [6.07, 6.45) is 2.10. The summed E-state index contributed by atoms with van der Waals surface area (Å²) < 4.78 is 7.67. The predicted octanol–water partition coefficient (Wildman–Crippen LogP) is 3.63. The standard InChI is InChI=1S/C23H28N4O2.2ClH/c1-23(24,19-5-3-2-4-6-19)22(28)25-20-7-8-21-18(17-20)9-10-27(21)12-11-26-13-15-29-16-14-26;;/h2-10,17H,11-16,24H2,1H3,(H,25,28);2*1H. The minimum absolute atomic E-state index is 0. The molecule has 0 radical (unpaired) electrons. The number of nitrogens with one attached hydrogen (secondary N) is 1. The number of benzene rings is 2. The third-order valence-electron chi connectivity index (χ3n) is 5.63. The van der Waals surface area contributed by atoms with Gasteiger partial charge >= 0.3 is 0 Å². The Hall–Kier alpha value is -2.09. The number of hydrogen-bond donors (Lipinski definition) is 2. The van der Waals surface area contributed by atoms with Crippen LogP contribution in [0.3, 0.4) is 0 Å². The highest BCUT2D eigenvalue weighted by Crippen LogP contribution is 2.24. The molecule has 6 nitrogen and oxygen atoms in total. The summed E-state index contributed by atoms with van der Waals surface area (Å²) in [7, 11) is 0. The van der Waals surface area contributed by atoms with E-state index >= 15 is 0 Å². The van der Waals surface area contributed by atoms with E-state index in [-0.39, 0.29) is 30.7 Å². The SMILES string of the molecule is CC(N)(C(=O)Nc1ccc2c(ccn2CCN2CCOCC2)c1)c1ccccc1.Cl.Cl. The predicted molar refractivity (Wildman–Crippen MR) is 130 cm³/mol. The van der Waals surface area contributed by atoms with Gasteiger partial charge in [0.2, 0.25) is 5.91 Å². The lowest BCUT2D eigenvalue weighted by molar-refractivity contribution is -0.120. The molecule has 1 saturated heterocycles. The normalized spacial score (nSPS) is 16.1. The number of aromatic nitrogens is 1. The maximum absolute atomic E-state index is 12.8. The number of anilines is 1. The second kappa shape index (κ2) is 11.0. The molecule has 0 aliphatic carbocycles. The Labute approximate surface area is 195 Å². The lowest BCUT2D eigenvalue weighted by atomic mass is 9.92. The van der Waals surface area contributed by atoms with Gasteiger partial charge in [0, 0.05) is 49.0 Å². The first-order chi connectivity index (χ1) is 14.0. The van der Waals surface area contributed by atoms with E-state index in [0.717, 1.165) is 61.5 Å². The number of fused-ring (bicyclic) bond motifs is 1. The van der Waals surface area contributed by atoms with Gasteiger partial charge in [-0.2, -0.15) is 0 Å². The smallest absolute Gasteiger partial charge is 0.248 e. The van der Waals surface area contributed by atoms with E-state index in [0.29, 0.717) is 0 Å². The van der Waals surface area contributed by atoms with Crippen molar-refractivity contribution in [3.63, 3.8) is 0 Å². The van der Waals surface area contributed by atoms with Gasteiger partial charge in [-0.15, -0.1) is 24.8 Å². The number of rotatable bonds is 6. The molecule has 31 heavy (non-hydrogen) atoms. The van der Waals surface area contributed by atoms with Gasteiger partial charge in [-0.05, 0) is 36.8 Å². The first-order valence-electron chi connectivity index (χ1n) is 10.1. The van der Waals surface area contributed by atoms with Crippen molar-refractivity contribution in [2.75, 3.05) is 38.2 Å². The zero-order valence-corrected chi connectivity index (χ0v) is 19.3. The number of carbonyl (C=O) groups is 1. The summed E-state index contributed by atoms with van der Waals surface area (Å²) in [4.78, 5) is 15.2. The number of morpholine rings is 1. The zero-order chi connectivity index (χ0) is 20.3. The third kappa shape index (κ3) is 5.79. The summed E-state index contributed by atoms with van der Waals surface area (Å²) in [6, 6.07) is 17.5. The summed E-state index contributed by atoms with van der Waals surface area (Å²) in [5, 5.41) is 4.07. The molecule has 1 amide bonds. The van der Waals surface area contributed by atoms with Crippen molar-refractivity contribution in [3.8, 4) is 0 Å². The number of nitrogens with zero attached hydrogens (tertiary/aromatic N) is 2. The molecule has 2 aromatic carbocycles. The summed E-state index contributed by atoms with van der Waals surface area (Å²) in [5.74, 6) is -0.227. The minimum Gasteiger partial charge on any atom is -0.379 e. The highest BCUT2D eigenvalue weighted by atomic mass is 35.5. The molecule has 168 valence electrons. The Morgan fingerprint density at radius 1 is 1.06 bits per heavy atom. The van der Waals surface area contributed by atoms with Gasteiger partial charge < -0.3 is 20.4 Å². The van der Waals surface area contributed by atoms with E-state index in [1.54, 1.807) is 6.92 Å². The summed E-state index contributed by atoms with van der Waals surface area (Å²) >= 11 is 0. The van der Waals surface area contributed by atoms with Gasteiger partial charge in [0.15, 0.2) is 0 Å². The van der Waals surface area contributed by atoms with Crippen LogP contribution in [0.2, 0.25) is 0 Å². The maximum Gasteiger partial charge on any atom is 0.248 e. The van der Waals surface area contributed by atoms with Crippen LogP contribution in [-0.4, -0.2) is 48.2 Å².